The average molecular weight is 260 g/mol. The third kappa shape index (κ3) is 3.13. The van der Waals surface area contributed by atoms with Crippen LogP contribution in [-0.2, 0) is 13.0 Å². The summed E-state index contributed by atoms with van der Waals surface area (Å²) in [5.41, 5.74) is 1.56. The van der Waals surface area contributed by atoms with Gasteiger partial charge in [0.25, 0.3) is 5.69 Å². The van der Waals surface area contributed by atoms with Crippen LogP contribution in [0, 0.1) is 17.0 Å². The van der Waals surface area contributed by atoms with Crippen LogP contribution in [0.15, 0.2) is 34.7 Å². The van der Waals surface area contributed by atoms with Gasteiger partial charge in [-0.05, 0) is 30.7 Å². The normalized spacial score (nSPS) is 10.4. The van der Waals surface area contributed by atoms with Gasteiger partial charge in [-0.1, -0.05) is 13.0 Å². The summed E-state index contributed by atoms with van der Waals surface area (Å²) in [6.45, 7) is 4.35. The van der Waals surface area contributed by atoms with Gasteiger partial charge in [0.15, 0.2) is 0 Å². The maximum Gasteiger partial charge on any atom is 0.292 e. The van der Waals surface area contributed by atoms with E-state index in [-0.39, 0.29) is 10.6 Å². The van der Waals surface area contributed by atoms with E-state index in [1.807, 2.05) is 26.0 Å². The van der Waals surface area contributed by atoms with Gasteiger partial charge in [-0.25, -0.2) is 0 Å². The maximum atomic E-state index is 10.9. The van der Waals surface area contributed by atoms with Crippen molar-refractivity contribution in [2.75, 3.05) is 5.32 Å². The molecule has 0 bridgehead atoms. The fraction of sp³-hybridized carbons (Fsp3) is 0.286. The number of nitrogens with one attached hydrogen (secondary N) is 1. The minimum atomic E-state index is -0.388. The van der Waals surface area contributed by atoms with Gasteiger partial charge in [-0.15, -0.1) is 0 Å². The Balaban J connectivity index is 2.14. The molecule has 2 aromatic rings. The van der Waals surface area contributed by atoms with E-state index < -0.39 is 0 Å². The van der Waals surface area contributed by atoms with Gasteiger partial charge in [0.05, 0.1) is 11.5 Å². The smallest absolute Gasteiger partial charge is 0.292 e. The summed E-state index contributed by atoms with van der Waals surface area (Å²) in [5, 5.41) is 14.0. The van der Waals surface area contributed by atoms with E-state index in [1.165, 1.54) is 6.07 Å². The molecule has 1 N–H and O–H groups in total. The fourth-order valence-corrected chi connectivity index (χ4v) is 1.84. The van der Waals surface area contributed by atoms with Crippen LogP contribution in [0.2, 0.25) is 0 Å². The highest BCUT2D eigenvalue weighted by Crippen LogP contribution is 2.25. The van der Waals surface area contributed by atoms with Crippen molar-refractivity contribution in [3.63, 3.8) is 0 Å². The molecular formula is C14H16N2O3. The lowest BCUT2D eigenvalue weighted by atomic mass is 10.2. The first-order valence-corrected chi connectivity index (χ1v) is 6.16. The van der Waals surface area contributed by atoms with Gasteiger partial charge in [0, 0.05) is 12.5 Å². The zero-order valence-electron chi connectivity index (χ0n) is 11.0. The van der Waals surface area contributed by atoms with Crippen molar-refractivity contribution >= 4 is 11.4 Å². The van der Waals surface area contributed by atoms with Crippen LogP contribution in [-0.4, -0.2) is 4.92 Å². The Bertz CT molecular complexity index is 590. The number of hydrogen-bond acceptors (Lipinski definition) is 4. The van der Waals surface area contributed by atoms with Crippen LogP contribution in [0.4, 0.5) is 11.4 Å². The van der Waals surface area contributed by atoms with E-state index >= 15 is 0 Å². The number of hydrogen-bond donors (Lipinski definition) is 1. The number of nitrogens with zero attached hydrogens (tertiary/aromatic N) is 1. The van der Waals surface area contributed by atoms with Crippen LogP contribution >= 0.6 is 0 Å². The summed E-state index contributed by atoms with van der Waals surface area (Å²) in [6, 6.07) is 8.81. The van der Waals surface area contributed by atoms with Crippen LogP contribution in [0.25, 0.3) is 0 Å². The molecular weight excluding hydrogens is 244 g/mol. The SMILES string of the molecule is CCc1ccc(CNc2cc(C)ccc2[N+](=O)[O-])o1. The summed E-state index contributed by atoms with van der Waals surface area (Å²) in [4.78, 5) is 10.5. The van der Waals surface area contributed by atoms with E-state index in [4.69, 9.17) is 4.42 Å². The van der Waals surface area contributed by atoms with Crippen molar-refractivity contribution < 1.29 is 9.34 Å². The summed E-state index contributed by atoms with van der Waals surface area (Å²) in [7, 11) is 0. The van der Waals surface area contributed by atoms with Crippen molar-refractivity contribution in [2.24, 2.45) is 0 Å². The minimum Gasteiger partial charge on any atom is -0.464 e. The second-order valence-corrected chi connectivity index (χ2v) is 4.35. The maximum absolute atomic E-state index is 10.9. The molecule has 1 heterocycles. The molecule has 5 heteroatoms. The average Bonchev–Trinajstić information content (AvgIpc) is 2.84. The zero-order chi connectivity index (χ0) is 13.8. The number of rotatable bonds is 5. The van der Waals surface area contributed by atoms with E-state index in [0.717, 1.165) is 23.5 Å². The van der Waals surface area contributed by atoms with Gasteiger partial charge in [0.2, 0.25) is 0 Å². The number of aryl methyl sites for hydroxylation is 2. The Morgan fingerprint density at radius 3 is 2.63 bits per heavy atom. The number of anilines is 1. The predicted molar refractivity (Wildman–Crippen MR) is 73.2 cm³/mol. The molecule has 0 atom stereocenters. The molecule has 0 aliphatic rings. The summed E-state index contributed by atoms with van der Waals surface area (Å²) in [6.07, 6.45) is 0.838. The quantitative estimate of drug-likeness (QED) is 0.657. The van der Waals surface area contributed by atoms with Crippen LogP contribution in [0.1, 0.15) is 24.0 Å². The zero-order valence-corrected chi connectivity index (χ0v) is 11.0. The number of furan rings is 1. The van der Waals surface area contributed by atoms with Gasteiger partial charge < -0.3 is 9.73 Å². The molecule has 0 saturated heterocycles. The summed E-state index contributed by atoms with van der Waals surface area (Å²) in [5.74, 6) is 1.68. The van der Waals surface area contributed by atoms with E-state index in [1.54, 1.807) is 12.1 Å². The Hall–Kier alpha value is -2.30. The van der Waals surface area contributed by atoms with Crippen molar-refractivity contribution in [3.8, 4) is 0 Å². The second-order valence-electron chi connectivity index (χ2n) is 4.35. The topological polar surface area (TPSA) is 68.3 Å². The molecule has 0 radical (unpaired) electrons. The van der Waals surface area contributed by atoms with E-state index in [0.29, 0.717) is 12.2 Å². The predicted octanol–water partition coefficient (Wildman–Crippen LogP) is 3.67. The molecule has 0 unspecified atom stereocenters. The van der Waals surface area contributed by atoms with Crippen LogP contribution < -0.4 is 5.32 Å². The van der Waals surface area contributed by atoms with E-state index in [9.17, 15) is 10.1 Å². The molecule has 1 aromatic carbocycles. The Kier molecular flexibility index (Phi) is 3.85. The lowest BCUT2D eigenvalue weighted by molar-refractivity contribution is -0.384. The van der Waals surface area contributed by atoms with Gasteiger partial charge in [0.1, 0.15) is 17.2 Å². The molecule has 0 amide bonds. The van der Waals surface area contributed by atoms with Gasteiger partial charge >= 0.3 is 0 Å². The molecule has 0 fully saturated rings. The molecule has 100 valence electrons. The third-order valence-corrected chi connectivity index (χ3v) is 2.87. The Labute approximate surface area is 111 Å². The van der Waals surface area contributed by atoms with Gasteiger partial charge in [-0.2, -0.15) is 0 Å². The highest BCUT2D eigenvalue weighted by molar-refractivity contribution is 5.62. The number of nitro benzene ring substituents is 1. The van der Waals surface area contributed by atoms with Gasteiger partial charge in [-0.3, -0.25) is 10.1 Å². The molecule has 2 rings (SSSR count). The standard InChI is InChI=1S/C14H16N2O3/c1-3-11-5-6-12(19-11)9-15-13-8-10(2)4-7-14(13)16(17)18/h4-8,15H,3,9H2,1-2H3. The molecule has 19 heavy (non-hydrogen) atoms. The molecule has 5 nitrogen and oxygen atoms in total. The highest BCUT2D eigenvalue weighted by atomic mass is 16.6. The van der Waals surface area contributed by atoms with Crippen molar-refractivity contribution in [1.29, 1.82) is 0 Å². The van der Waals surface area contributed by atoms with Crippen LogP contribution in [0.3, 0.4) is 0 Å². The molecule has 0 aliphatic carbocycles. The fourth-order valence-electron chi connectivity index (χ4n) is 1.84. The molecule has 0 spiro atoms. The monoisotopic (exact) mass is 260 g/mol. The van der Waals surface area contributed by atoms with Crippen molar-refractivity contribution in [3.05, 3.63) is 57.5 Å². The number of benzene rings is 1. The van der Waals surface area contributed by atoms with Crippen molar-refractivity contribution in [2.45, 2.75) is 26.8 Å². The number of nitro groups is 1. The summed E-state index contributed by atoms with van der Waals surface area (Å²) < 4.78 is 5.55. The largest absolute Gasteiger partial charge is 0.464 e. The second kappa shape index (κ2) is 5.56. The van der Waals surface area contributed by atoms with Crippen LogP contribution in [0.5, 0.6) is 0 Å². The van der Waals surface area contributed by atoms with Crippen molar-refractivity contribution in [1.82, 2.24) is 0 Å². The molecule has 0 aliphatic heterocycles. The Morgan fingerprint density at radius 2 is 2.00 bits per heavy atom. The highest BCUT2D eigenvalue weighted by Gasteiger charge is 2.13. The molecule has 1 aromatic heterocycles. The first-order valence-electron chi connectivity index (χ1n) is 6.16. The first kappa shape index (κ1) is 13.1. The lowest BCUT2D eigenvalue weighted by Crippen LogP contribution is -2.02. The minimum absolute atomic E-state index is 0.0767. The first-order chi connectivity index (χ1) is 9.10. The Morgan fingerprint density at radius 1 is 1.26 bits per heavy atom. The third-order valence-electron chi connectivity index (χ3n) is 2.87. The summed E-state index contributed by atoms with van der Waals surface area (Å²) >= 11 is 0. The molecule has 0 saturated carbocycles. The van der Waals surface area contributed by atoms with E-state index in [2.05, 4.69) is 5.32 Å². The lowest BCUT2D eigenvalue weighted by Gasteiger charge is -2.06.